The first-order valence-corrected chi connectivity index (χ1v) is 8.71. The molecule has 0 fully saturated rings. The molecule has 0 N–H and O–H groups in total. The summed E-state index contributed by atoms with van der Waals surface area (Å²) in [5, 5.41) is 0. The molecule has 1 aliphatic rings. The number of nitrogens with zero attached hydrogens (tertiary/aromatic N) is 1. The summed E-state index contributed by atoms with van der Waals surface area (Å²) in [6.07, 6.45) is 1.82. The fourth-order valence-corrected chi connectivity index (χ4v) is 3.30. The molecule has 1 aromatic heterocycles. The Balaban J connectivity index is 1.59. The molecule has 0 saturated carbocycles. The molecular formula is C21H19BFNO2. The predicted octanol–water partition coefficient (Wildman–Crippen LogP) is 3.22. The molecule has 3 nitrogen and oxygen atoms in total. The van der Waals surface area contributed by atoms with Gasteiger partial charge in [0.2, 0.25) is 5.88 Å². The maximum absolute atomic E-state index is 14.2. The van der Waals surface area contributed by atoms with Crippen LogP contribution in [0, 0.1) is 5.82 Å². The van der Waals surface area contributed by atoms with Gasteiger partial charge in [0, 0.05) is 11.1 Å². The van der Waals surface area contributed by atoms with Gasteiger partial charge in [-0.05, 0) is 47.8 Å². The maximum Gasteiger partial charge on any atom is 0.216 e. The van der Waals surface area contributed by atoms with E-state index in [0.29, 0.717) is 11.3 Å². The summed E-state index contributed by atoms with van der Waals surface area (Å²) < 4.78 is 25.5. The average Bonchev–Trinajstić information content (AvgIpc) is 2.68. The Labute approximate surface area is 153 Å². The number of halogens is 1. The smallest absolute Gasteiger partial charge is 0.216 e. The summed E-state index contributed by atoms with van der Waals surface area (Å²) in [5.74, 6) is 1.10. The number of hydrogen-bond acceptors (Lipinski definition) is 3. The van der Waals surface area contributed by atoms with Gasteiger partial charge in [-0.15, -0.1) is 0 Å². The third-order valence-corrected chi connectivity index (χ3v) is 4.78. The van der Waals surface area contributed by atoms with Gasteiger partial charge in [-0.1, -0.05) is 36.4 Å². The highest BCUT2D eigenvalue weighted by Crippen LogP contribution is 2.34. The fraction of sp³-hybridized carbons (Fsp3) is 0.190. The first-order chi connectivity index (χ1) is 12.6. The van der Waals surface area contributed by atoms with Crippen molar-refractivity contribution in [3.8, 4) is 22.8 Å². The third-order valence-electron chi connectivity index (χ3n) is 4.78. The van der Waals surface area contributed by atoms with E-state index >= 15 is 0 Å². The van der Waals surface area contributed by atoms with Gasteiger partial charge in [-0.2, -0.15) is 0 Å². The summed E-state index contributed by atoms with van der Waals surface area (Å²) in [6, 6.07) is 16.7. The van der Waals surface area contributed by atoms with E-state index in [9.17, 15) is 4.39 Å². The summed E-state index contributed by atoms with van der Waals surface area (Å²) >= 11 is 0. The van der Waals surface area contributed by atoms with Crippen LogP contribution in [0.3, 0.4) is 0 Å². The Morgan fingerprint density at radius 3 is 2.69 bits per heavy atom. The standard InChI is InChI=1S/C21H19BFNO2/c1-25-16-8-9-18(23)17(12-16)13-2-4-14(5-3-13)19-10-6-15-7-11-20(22)24-21(15)26-19/h2-5,7-9,11-12,19H,6,10,22H2,1H3. The van der Waals surface area contributed by atoms with Crippen molar-refractivity contribution in [2.75, 3.05) is 7.11 Å². The summed E-state index contributed by atoms with van der Waals surface area (Å²) in [6.45, 7) is 0. The Bertz CT molecular complexity index is 943. The van der Waals surface area contributed by atoms with Crippen molar-refractivity contribution >= 4 is 13.4 Å². The number of aromatic nitrogens is 1. The lowest BCUT2D eigenvalue weighted by molar-refractivity contribution is 0.168. The van der Waals surface area contributed by atoms with Crippen LogP contribution in [0.1, 0.15) is 23.7 Å². The van der Waals surface area contributed by atoms with Gasteiger partial charge < -0.3 is 9.47 Å². The molecule has 4 rings (SSSR count). The van der Waals surface area contributed by atoms with E-state index in [0.717, 1.165) is 41.0 Å². The SMILES string of the molecule is Bc1ccc2c(n1)OC(c1ccc(-c3cc(OC)ccc3F)cc1)CC2. The zero-order valence-electron chi connectivity index (χ0n) is 14.8. The van der Waals surface area contributed by atoms with Crippen LogP contribution in [0.4, 0.5) is 4.39 Å². The molecule has 2 heterocycles. The number of fused-ring (bicyclic) bond motifs is 1. The molecule has 0 spiro atoms. The summed E-state index contributed by atoms with van der Waals surface area (Å²) in [7, 11) is 3.54. The molecule has 1 atom stereocenters. The molecule has 0 bridgehead atoms. The van der Waals surface area contributed by atoms with Crippen LogP contribution in [0.2, 0.25) is 0 Å². The number of ether oxygens (including phenoxy) is 2. The number of benzene rings is 2. The molecular weight excluding hydrogens is 328 g/mol. The maximum atomic E-state index is 14.2. The van der Waals surface area contributed by atoms with Crippen LogP contribution in [0.5, 0.6) is 11.6 Å². The van der Waals surface area contributed by atoms with Crippen molar-refractivity contribution in [2.24, 2.45) is 0 Å². The molecule has 0 saturated heterocycles. The lowest BCUT2D eigenvalue weighted by Crippen LogP contribution is -2.19. The van der Waals surface area contributed by atoms with Crippen LogP contribution < -0.4 is 15.1 Å². The van der Waals surface area contributed by atoms with E-state index in [2.05, 4.69) is 11.1 Å². The van der Waals surface area contributed by atoms with Crippen LogP contribution >= 0.6 is 0 Å². The predicted molar refractivity (Wildman–Crippen MR) is 102 cm³/mol. The average molecular weight is 347 g/mol. The monoisotopic (exact) mass is 347 g/mol. The van der Waals surface area contributed by atoms with Crippen molar-refractivity contribution in [1.82, 2.24) is 4.98 Å². The van der Waals surface area contributed by atoms with E-state index in [1.54, 1.807) is 19.2 Å². The lowest BCUT2D eigenvalue weighted by atomic mass is 9.95. The number of aryl methyl sites for hydroxylation is 1. The fourth-order valence-electron chi connectivity index (χ4n) is 3.30. The minimum absolute atomic E-state index is 0.0268. The van der Waals surface area contributed by atoms with Crippen molar-refractivity contribution in [2.45, 2.75) is 18.9 Å². The number of pyridine rings is 1. The highest BCUT2D eigenvalue weighted by molar-refractivity contribution is 6.30. The first-order valence-electron chi connectivity index (χ1n) is 8.71. The number of methoxy groups -OCH3 is 1. The van der Waals surface area contributed by atoms with E-state index in [4.69, 9.17) is 9.47 Å². The Morgan fingerprint density at radius 1 is 1.12 bits per heavy atom. The molecule has 2 aromatic carbocycles. The van der Waals surface area contributed by atoms with Crippen LogP contribution in [-0.2, 0) is 6.42 Å². The van der Waals surface area contributed by atoms with Gasteiger partial charge in [-0.3, -0.25) is 0 Å². The minimum atomic E-state index is -0.263. The lowest BCUT2D eigenvalue weighted by Gasteiger charge is -2.26. The quantitative estimate of drug-likeness (QED) is 0.682. The van der Waals surface area contributed by atoms with Crippen molar-refractivity contribution in [1.29, 1.82) is 0 Å². The van der Waals surface area contributed by atoms with Crippen molar-refractivity contribution in [3.63, 3.8) is 0 Å². The van der Waals surface area contributed by atoms with Gasteiger partial charge >= 0.3 is 0 Å². The second-order valence-corrected chi connectivity index (χ2v) is 6.53. The zero-order chi connectivity index (χ0) is 18.1. The highest BCUT2D eigenvalue weighted by atomic mass is 19.1. The van der Waals surface area contributed by atoms with E-state index in [1.165, 1.54) is 6.07 Å². The minimum Gasteiger partial charge on any atom is -0.497 e. The molecule has 5 heteroatoms. The van der Waals surface area contributed by atoms with Gasteiger partial charge in [0.1, 0.15) is 17.7 Å². The normalized spacial score (nSPS) is 15.8. The van der Waals surface area contributed by atoms with E-state index < -0.39 is 0 Å². The third kappa shape index (κ3) is 3.17. The summed E-state index contributed by atoms with van der Waals surface area (Å²) in [4.78, 5) is 4.50. The second-order valence-electron chi connectivity index (χ2n) is 6.53. The zero-order valence-corrected chi connectivity index (χ0v) is 14.8. The van der Waals surface area contributed by atoms with Gasteiger partial charge in [-0.25, -0.2) is 9.37 Å². The second kappa shape index (κ2) is 6.83. The Morgan fingerprint density at radius 2 is 1.92 bits per heavy atom. The molecule has 3 aromatic rings. The molecule has 0 radical (unpaired) electrons. The van der Waals surface area contributed by atoms with Gasteiger partial charge in [0.25, 0.3) is 0 Å². The molecule has 130 valence electrons. The van der Waals surface area contributed by atoms with Gasteiger partial charge in [0.05, 0.1) is 7.11 Å². The Kier molecular flexibility index (Phi) is 4.37. The number of hydrogen-bond donors (Lipinski definition) is 0. The molecule has 0 aliphatic carbocycles. The van der Waals surface area contributed by atoms with E-state index in [1.807, 2.05) is 38.2 Å². The van der Waals surface area contributed by atoms with Crippen LogP contribution in [0.15, 0.2) is 54.6 Å². The van der Waals surface area contributed by atoms with Crippen LogP contribution in [0.25, 0.3) is 11.1 Å². The largest absolute Gasteiger partial charge is 0.497 e. The van der Waals surface area contributed by atoms with Crippen molar-refractivity contribution < 1.29 is 13.9 Å². The summed E-state index contributed by atoms with van der Waals surface area (Å²) in [5.41, 5.74) is 4.53. The molecule has 26 heavy (non-hydrogen) atoms. The van der Waals surface area contributed by atoms with Crippen LogP contribution in [-0.4, -0.2) is 19.9 Å². The number of rotatable bonds is 3. The Hall–Kier alpha value is -2.82. The first kappa shape index (κ1) is 16.6. The van der Waals surface area contributed by atoms with Gasteiger partial charge in [0.15, 0.2) is 7.85 Å². The topological polar surface area (TPSA) is 31.4 Å². The molecule has 1 aliphatic heterocycles. The molecule has 1 unspecified atom stereocenters. The van der Waals surface area contributed by atoms with Crippen molar-refractivity contribution in [3.05, 3.63) is 71.5 Å². The van der Waals surface area contributed by atoms with E-state index in [-0.39, 0.29) is 11.9 Å². The molecule has 0 amide bonds. The highest BCUT2D eigenvalue weighted by Gasteiger charge is 2.22.